The molecule has 0 atom stereocenters. The van der Waals surface area contributed by atoms with Gasteiger partial charge in [0, 0.05) is 11.1 Å². The van der Waals surface area contributed by atoms with Crippen molar-refractivity contribution in [2.24, 2.45) is 0 Å². The first-order chi connectivity index (χ1) is 9.52. The van der Waals surface area contributed by atoms with Crippen LogP contribution in [0.15, 0.2) is 28.2 Å². The predicted octanol–water partition coefficient (Wildman–Crippen LogP) is 2.86. The SMILES string of the molecule is CSc1nc(CCc2c(F)cccc2F)c(C)c(=O)[nH]1. The van der Waals surface area contributed by atoms with Crippen LogP contribution in [0.5, 0.6) is 0 Å². The first-order valence-electron chi connectivity index (χ1n) is 6.09. The monoisotopic (exact) mass is 296 g/mol. The molecule has 1 aromatic heterocycles. The van der Waals surface area contributed by atoms with Crippen molar-refractivity contribution in [2.75, 3.05) is 6.26 Å². The van der Waals surface area contributed by atoms with Gasteiger partial charge in [-0.3, -0.25) is 4.79 Å². The summed E-state index contributed by atoms with van der Waals surface area (Å²) in [6.45, 7) is 1.66. The molecule has 20 heavy (non-hydrogen) atoms. The molecule has 0 spiro atoms. The van der Waals surface area contributed by atoms with Gasteiger partial charge in [-0.05, 0) is 38.2 Å². The molecule has 1 aromatic carbocycles. The van der Waals surface area contributed by atoms with Crippen molar-refractivity contribution in [1.29, 1.82) is 0 Å². The summed E-state index contributed by atoms with van der Waals surface area (Å²) in [5.74, 6) is -1.14. The second-order valence-corrected chi connectivity index (χ2v) is 5.14. The summed E-state index contributed by atoms with van der Waals surface area (Å²) in [5.41, 5.74) is 0.869. The van der Waals surface area contributed by atoms with Gasteiger partial charge in [0.25, 0.3) is 5.56 Å². The van der Waals surface area contributed by atoms with Crippen LogP contribution in [0, 0.1) is 18.6 Å². The van der Waals surface area contributed by atoms with E-state index in [-0.39, 0.29) is 17.5 Å². The molecule has 1 N–H and O–H groups in total. The number of nitrogens with zero attached hydrogens (tertiary/aromatic N) is 1. The summed E-state index contributed by atoms with van der Waals surface area (Å²) in [5, 5.41) is 0.504. The van der Waals surface area contributed by atoms with E-state index < -0.39 is 11.6 Å². The smallest absolute Gasteiger partial charge is 0.254 e. The molecule has 0 amide bonds. The van der Waals surface area contributed by atoms with Gasteiger partial charge in [-0.15, -0.1) is 0 Å². The Labute approximate surface area is 119 Å². The van der Waals surface area contributed by atoms with Crippen LogP contribution < -0.4 is 5.56 Å². The predicted molar refractivity (Wildman–Crippen MR) is 75.1 cm³/mol. The summed E-state index contributed by atoms with van der Waals surface area (Å²) >= 11 is 1.32. The summed E-state index contributed by atoms with van der Waals surface area (Å²) in [6.07, 6.45) is 2.29. The molecule has 106 valence electrons. The molecule has 2 aromatic rings. The zero-order valence-corrected chi connectivity index (χ0v) is 12.0. The third-order valence-electron chi connectivity index (χ3n) is 3.10. The molecule has 0 bridgehead atoms. The van der Waals surface area contributed by atoms with E-state index in [0.717, 1.165) is 0 Å². The lowest BCUT2D eigenvalue weighted by atomic mass is 10.0. The second kappa shape index (κ2) is 6.17. The van der Waals surface area contributed by atoms with Crippen molar-refractivity contribution in [1.82, 2.24) is 9.97 Å². The molecule has 0 aliphatic heterocycles. The lowest BCUT2D eigenvalue weighted by molar-refractivity contribution is 0.553. The third kappa shape index (κ3) is 3.07. The largest absolute Gasteiger partial charge is 0.301 e. The fourth-order valence-corrected chi connectivity index (χ4v) is 2.31. The highest BCUT2D eigenvalue weighted by Gasteiger charge is 2.12. The second-order valence-electron chi connectivity index (χ2n) is 4.35. The zero-order chi connectivity index (χ0) is 14.7. The topological polar surface area (TPSA) is 45.8 Å². The quantitative estimate of drug-likeness (QED) is 0.697. The van der Waals surface area contributed by atoms with E-state index >= 15 is 0 Å². The van der Waals surface area contributed by atoms with Crippen molar-refractivity contribution in [3.05, 3.63) is 57.0 Å². The number of halogens is 2. The van der Waals surface area contributed by atoms with E-state index in [4.69, 9.17) is 0 Å². The van der Waals surface area contributed by atoms with Crippen LogP contribution in [0.3, 0.4) is 0 Å². The Morgan fingerprint density at radius 2 is 1.90 bits per heavy atom. The van der Waals surface area contributed by atoms with Gasteiger partial charge in [0.2, 0.25) is 0 Å². The maximum atomic E-state index is 13.5. The number of aromatic amines is 1. The van der Waals surface area contributed by atoms with Gasteiger partial charge in [-0.1, -0.05) is 17.8 Å². The van der Waals surface area contributed by atoms with E-state index in [1.165, 1.54) is 30.0 Å². The van der Waals surface area contributed by atoms with E-state index in [2.05, 4.69) is 9.97 Å². The highest BCUT2D eigenvalue weighted by atomic mass is 32.2. The van der Waals surface area contributed by atoms with Crippen molar-refractivity contribution in [3.63, 3.8) is 0 Å². The molecule has 0 aliphatic rings. The van der Waals surface area contributed by atoms with E-state index in [0.29, 0.717) is 22.8 Å². The number of hydrogen-bond acceptors (Lipinski definition) is 3. The first-order valence-corrected chi connectivity index (χ1v) is 7.32. The normalized spacial score (nSPS) is 10.8. The molecule has 0 saturated carbocycles. The molecule has 1 heterocycles. The number of thioether (sulfide) groups is 1. The standard InChI is InChI=1S/C14H14F2N2OS/c1-8-12(17-14(20-2)18-13(8)19)7-6-9-10(15)4-3-5-11(9)16/h3-5H,6-7H2,1-2H3,(H,17,18,19). The average Bonchev–Trinajstić information content (AvgIpc) is 2.42. The van der Waals surface area contributed by atoms with Gasteiger partial charge in [-0.2, -0.15) is 0 Å². The Morgan fingerprint density at radius 3 is 2.50 bits per heavy atom. The number of benzene rings is 1. The van der Waals surface area contributed by atoms with Crippen molar-refractivity contribution >= 4 is 11.8 Å². The molecule has 0 aliphatic carbocycles. The summed E-state index contributed by atoms with van der Waals surface area (Å²) in [6, 6.07) is 3.78. The minimum Gasteiger partial charge on any atom is -0.301 e. The molecule has 0 unspecified atom stereocenters. The molecule has 0 fully saturated rings. The summed E-state index contributed by atoms with van der Waals surface area (Å²) in [4.78, 5) is 18.6. The molecular formula is C14H14F2N2OS. The van der Waals surface area contributed by atoms with Crippen LogP contribution in [0.1, 0.15) is 16.8 Å². The number of nitrogens with one attached hydrogen (secondary N) is 1. The van der Waals surface area contributed by atoms with Gasteiger partial charge in [0.05, 0.1) is 5.69 Å². The lowest BCUT2D eigenvalue weighted by Crippen LogP contribution is -2.16. The van der Waals surface area contributed by atoms with Crippen LogP contribution in [0.2, 0.25) is 0 Å². The van der Waals surface area contributed by atoms with Crippen molar-refractivity contribution in [2.45, 2.75) is 24.9 Å². The van der Waals surface area contributed by atoms with E-state index in [9.17, 15) is 13.6 Å². The van der Waals surface area contributed by atoms with Crippen LogP contribution in [0.4, 0.5) is 8.78 Å². The summed E-state index contributed by atoms with van der Waals surface area (Å²) in [7, 11) is 0. The van der Waals surface area contributed by atoms with E-state index in [1.54, 1.807) is 13.2 Å². The average molecular weight is 296 g/mol. The zero-order valence-electron chi connectivity index (χ0n) is 11.2. The van der Waals surface area contributed by atoms with Crippen LogP contribution in [0.25, 0.3) is 0 Å². The molecule has 0 radical (unpaired) electrons. The maximum Gasteiger partial charge on any atom is 0.254 e. The van der Waals surface area contributed by atoms with Gasteiger partial charge in [-0.25, -0.2) is 13.8 Å². The molecule has 2 rings (SSSR count). The van der Waals surface area contributed by atoms with Crippen molar-refractivity contribution in [3.8, 4) is 0 Å². The van der Waals surface area contributed by atoms with Gasteiger partial charge in [0.1, 0.15) is 11.6 Å². The highest BCUT2D eigenvalue weighted by molar-refractivity contribution is 7.98. The van der Waals surface area contributed by atoms with Gasteiger partial charge in [0.15, 0.2) is 5.16 Å². The minimum atomic E-state index is -0.572. The van der Waals surface area contributed by atoms with Crippen molar-refractivity contribution < 1.29 is 8.78 Å². The molecule has 0 saturated heterocycles. The van der Waals surface area contributed by atoms with Gasteiger partial charge >= 0.3 is 0 Å². The number of aryl methyl sites for hydroxylation is 1. The Balaban J connectivity index is 2.27. The minimum absolute atomic E-state index is 0.0275. The Hall–Kier alpha value is -1.69. The Morgan fingerprint density at radius 1 is 1.25 bits per heavy atom. The van der Waals surface area contributed by atoms with Gasteiger partial charge < -0.3 is 4.98 Å². The number of aromatic nitrogens is 2. The fraction of sp³-hybridized carbons (Fsp3) is 0.286. The number of rotatable bonds is 4. The van der Waals surface area contributed by atoms with Crippen LogP contribution in [-0.2, 0) is 12.8 Å². The fourth-order valence-electron chi connectivity index (χ4n) is 1.91. The molecule has 3 nitrogen and oxygen atoms in total. The maximum absolute atomic E-state index is 13.5. The number of H-pyrrole nitrogens is 1. The Kier molecular flexibility index (Phi) is 4.54. The first kappa shape index (κ1) is 14.7. The number of hydrogen-bond donors (Lipinski definition) is 1. The highest BCUT2D eigenvalue weighted by Crippen LogP contribution is 2.16. The third-order valence-corrected chi connectivity index (χ3v) is 3.68. The Bertz CT molecular complexity index is 665. The molecular weight excluding hydrogens is 282 g/mol. The lowest BCUT2D eigenvalue weighted by Gasteiger charge is -2.07. The summed E-state index contributed by atoms with van der Waals surface area (Å²) < 4.78 is 27.1. The molecule has 6 heteroatoms. The van der Waals surface area contributed by atoms with E-state index in [1.807, 2.05) is 0 Å². The van der Waals surface area contributed by atoms with Crippen LogP contribution in [-0.4, -0.2) is 16.2 Å². The van der Waals surface area contributed by atoms with Crippen LogP contribution >= 0.6 is 11.8 Å².